The minimum atomic E-state index is -0.542. The maximum Gasteiger partial charge on any atom is 0.348 e. The number of para-hydroxylation sites is 1. The van der Waals surface area contributed by atoms with Gasteiger partial charge >= 0.3 is 5.97 Å². The lowest BCUT2D eigenvalue weighted by atomic mass is 10.2. The monoisotopic (exact) mass is 603 g/mol. The predicted octanol–water partition coefficient (Wildman–Crippen LogP) is 4.55. The number of thiophene rings is 1. The van der Waals surface area contributed by atoms with Gasteiger partial charge in [0.15, 0.2) is 0 Å². The zero-order valence-electron chi connectivity index (χ0n) is 19.0. The maximum absolute atomic E-state index is 13.1. The molecule has 4 aromatic rings. The number of anilines is 1. The SMILES string of the molecule is Cc1cc(I)ccc1NC(=O)Cn1cnc2sc(C(=O)OCCOc3ccccc3)c(C)c2c1=O. The molecule has 2 heterocycles. The Bertz CT molecular complexity index is 1450. The molecular formula is C25H22IN3O5S. The highest BCUT2D eigenvalue weighted by atomic mass is 127. The highest BCUT2D eigenvalue weighted by Gasteiger charge is 2.21. The number of hydrogen-bond acceptors (Lipinski definition) is 7. The van der Waals surface area contributed by atoms with E-state index in [0.29, 0.717) is 32.1 Å². The van der Waals surface area contributed by atoms with Crippen LogP contribution in [0.4, 0.5) is 5.69 Å². The van der Waals surface area contributed by atoms with E-state index >= 15 is 0 Å². The average molecular weight is 603 g/mol. The van der Waals surface area contributed by atoms with E-state index in [1.165, 1.54) is 10.9 Å². The lowest BCUT2D eigenvalue weighted by Gasteiger charge is -2.10. The molecule has 180 valence electrons. The maximum atomic E-state index is 13.1. The van der Waals surface area contributed by atoms with E-state index < -0.39 is 5.97 Å². The zero-order chi connectivity index (χ0) is 24.9. The Morgan fingerprint density at radius 2 is 1.89 bits per heavy atom. The van der Waals surface area contributed by atoms with Gasteiger partial charge < -0.3 is 14.8 Å². The van der Waals surface area contributed by atoms with Crippen molar-refractivity contribution in [3.63, 3.8) is 0 Å². The van der Waals surface area contributed by atoms with Gasteiger partial charge in [0.1, 0.15) is 35.2 Å². The fourth-order valence-corrected chi connectivity index (χ4v) is 5.13. The lowest BCUT2D eigenvalue weighted by Crippen LogP contribution is -2.28. The van der Waals surface area contributed by atoms with Crippen molar-refractivity contribution in [1.29, 1.82) is 0 Å². The topological polar surface area (TPSA) is 99.5 Å². The molecule has 0 saturated carbocycles. The summed E-state index contributed by atoms with van der Waals surface area (Å²) in [6, 6.07) is 14.9. The van der Waals surface area contributed by atoms with Crippen LogP contribution in [0.5, 0.6) is 5.75 Å². The van der Waals surface area contributed by atoms with E-state index in [-0.39, 0.29) is 31.2 Å². The Kier molecular flexibility index (Phi) is 7.81. The van der Waals surface area contributed by atoms with Crippen LogP contribution in [0.15, 0.2) is 59.7 Å². The molecule has 4 rings (SSSR count). The molecule has 2 aromatic carbocycles. The number of fused-ring (bicyclic) bond motifs is 1. The average Bonchev–Trinajstić information content (AvgIpc) is 3.18. The van der Waals surface area contributed by atoms with Crippen LogP contribution in [0.2, 0.25) is 0 Å². The van der Waals surface area contributed by atoms with Gasteiger partial charge in [-0.25, -0.2) is 9.78 Å². The number of carbonyl (C=O) groups is 2. The number of hydrogen-bond donors (Lipinski definition) is 1. The summed E-state index contributed by atoms with van der Waals surface area (Å²) in [6.07, 6.45) is 1.32. The number of nitrogens with zero attached hydrogens (tertiary/aromatic N) is 2. The summed E-state index contributed by atoms with van der Waals surface area (Å²) in [4.78, 5) is 43.3. The van der Waals surface area contributed by atoms with E-state index in [0.717, 1.165) is 20.5 Å². The first-order valence-corrected chi connectivity index (χ1v) is 12.6. The summed E-state index contributed by atoms with van der Waals surface area (Å²) in [5, 5.41) is 3.14. The number of nitrogens with one attached hydrogen (secondary N) is 1. The molecular weight excluding hydrogens is 581 g/mol. The predicted molar refractivity (Wildman–Crippen MR) is 143 cm³/mol. The molecule has 35 heavy (non-hydrogen) atoms. The molecule has 0 saturated heterocycles. The van der Waals surface area contributed by atoms with E-state index in [1.54, 1.807) is 6.92 Å². The smallest absolute Gasteiger partial charge is 0.348 e. The van der Waals surface area contributed by atoms with Gasteiger partial charge in [0, 0.05) is 9.26 Å². The molecule has 1 amide bonds. The summed E-state index contributed by atoms with van der Waals surface area (Å²) < 4.78 is 13.2. The highest BCUT2D eigenvalue weighted by molar-refractivity contribution is 14.1. The normalized spacial score (nSPS) is 10.8. The zero-order valence-corrected chi connectivity index (χ0v) is 22.0. The molecule has 0 fully saturated rings. The lowest BCUT2D eigenvalue weighted by molar-refractivity contribution is -0.116. The number of rotatable bonds is 8. The molecule has 0 spiro atoms. The van der Waals surface area contributed by atoms with Crippen molar-refractivity contribution in [3.05, 3.63) is 84.8 Å². The van der Waals surface area contributed by atoms with Crippen molar-refractivity contribution in [1.82, 2.24) is 9.55 Å². The van der Waals surface area contributed by atoms with Crippen LogP contribution in [0, 0.1) is 17.4 Å². The van der Waals surface area contributed by atoms with E-state index in [4.69, 9.17) is 9.47 Å². The number of carbonyl (C=O) groups excluding carboxylic acids is 2. The first-order valence-electron chi connectivity index (χ1n) is 10.7. The largest absolute Gasteiger partial charge is 0.490 e. The number of benzene rings is 2. The molecule has 8 nitrogen and oxygen atoms in total. The quantitative estimate of drug-likeness (QED) is 0.180. The Labute approximate surface area is 219 Å². The number of aryl methyl sites for hydroxylation is 2. The van der Waals surface area contributed by atoms with Crippen LogP contribution in [0.25, 0.3) is 10.2 Å². The van der Waals surface area contributed by atoms with Crippen molar-refractivity contribution in [2.75, 3.05) is 18.5 Å². The second kappa shape index (κ2) is 11.0. The standard InChI is InChI=1S/C25H22IN3O5S/c1-15-12-17(26)8-9-19(15)28-20(30)13-29-14-27-23-21(24(29)31)16(2)22(35-23)25(32)34-11-10-33-18-6-4-3-5-7-18/h3-9,12,14H,10-11,13H2,1-2H3,(H,28,30). The molecule has 10 heteroatoms. The number of amides is 1. The van der Waals surface area contributed by atoms with Crippen LogP contribution in [0.3, 0.4) is 0 Å². The molecule has 0 aliphatic rings. The van der Waals surface area contributed by atoms with Crippen molar-refractivity contribution >= 4 is 61.7 Å². The fraction of sp³-hybridized carbons (Fsp3) is 0.200. The second-order valence-electron chi connectivity index (χ2n) is 7.72. The van der Waals surface area contributed by atoms with Gasteiger partial charge in [0.05, 0.1) is 11.7 Å². The Balaban J connectivity index is 1.44. The van der Waals surface area contributed by atoms with Crippen molar-refractivity contribution in [2.24, 2.45) is 0 Å². The highest BCUT2D eigenvalue weighted by Crippen LogP contribution is 2.27. The van der Waals surface area contributed by atoms with E-state index in [9.17, 15) is 14.4 Å². The molecule has 0 radical (unpaired) electrons. The second-order valence-corrected chi connectivity index (χ2v) is 9.96. The third-order valence-corrected chi connectivity index (χ3v) is 7.06. The summed E-state index contributed by atoms with van der Waals surface area (Å²) in [7, 11) is 0. The molecule has 0 aliphatic carbocycles. The van der Waals surface area contributed by atoms with E-state index in [2.05, 4.69) is 32.9 Å². The van der Waals surface area contributed by atoms with Gasteiger partial charge in [-0.15, -0.1) is 11.3 Å². The van der Waals surface area contributed by atoms with Gasteiger partial charge in [-0.05, 0) is 77.9 Å². The van der Waals surface area contributed by atoms with Crippen LogP contribution in [0.1, 0.15) is 20.8 Å². The third-order valence-electron chi connectivity index (χ3n) is 5.21. The molecule has 0 atom stereocenters. The Morgan fingerprint density at radius 1 is 1.11 bits per heavy atom. The summed E-state index contributed by atoms with van der Waals surface area (Å²) >= 11 is 3.30. The Hall–Kier alpha value is -3.25. The number of aromatic nitrogens is 2. The fourth-order valence-electron chi connectivity index (χ4n) is 3.45. The van der Waals surface area contributed by atoms with Gasteiger partial charge in [0.25, 0.3) is 5.56 Å². The van der Waals surface area contributed by atoms with Crippen molar-refractivity contribution in [3.8, 4) is 5.75 Å². The molecule has 1 N–H and O–H groups in total. The van der Waals surface area contributed by atoms with Gasteiger partial charge in [-0.3, -0.25) is 14.2 Å². The first-order chi connectivity index (χ1) is 16.8. The van der Waals surface area contributed by atoms with Crippen molar-refractivity contribution < 1.29 is 19.1 Å². The minimum absolute atomic E-state index is 0.0667. The van der Waals surface area contributed by atoms with Crippen LogP contribution >= 0.6 is 33.9 Å². The van der Waals surface area contributed by atoms with Gasteiger partial charge in [-0.1, -0.05) is 18.2 Å². The Morgan fingerprint density at radius 3 is 2.63 bits per heavy atom. The van der Waals surface area contributed by atoms with Gasteiger partial charge in [0.2, 0.25) is 5.91 Å². The molecule has 2 aromatic heterocycles. The van der Waals surface area contributed by atoms with Crippen LogP contribution in [-0.2, 0) is 16.1 Å². The van der Waals surface area contributed by atoms with Crippen molar-refractivity contribution in [2.45, 2.75) is 20.4 Å². The van der Waals surface area contributed by atoms with Gasteiger partial charge in [-0.2, -0.15) is 0 Å². The summed E-state index contributed by atoms with van der Waals surface area (Å²) in [5.74, 6) is -0.198. The number of ether oxygens (including phenoxy) is 2. The molecule has 0 unspecified atom stereocenters. The van der Waals surface area contributed by atoms with Crippen LogP contribution in [-0.4, -0.2) is 34.6 Å². The number of halogens is 1. The third kappa shape index (κ3) is 5.88. The number of esters is 1. The summed E-state index contributed by atoms with van der Waals surface area (Å²) in [6.45, 7) is 3.66. The first kappa shape index (κ1) is 24.9. The summed E-state index contributed by atoms with van der Waals surface area (Å²) in [5.41, 5.74) is 1.71. The van der Waals surface area contributed by atoms with Crippen LogP contribution < -0.4 is 15.6 Å². The molecule has 0 aliphatic heterocycles. The van der Waals surface area contributed by atoms with E-state index in [1.807, 2.05) is 55.5 Å². The molecule has 0 bridgehead atoms. The minimum Gasteiger partial charge on any atom is -0.490 e.